The number of halogens is 4. The molecule has 1 rings (SSSR count). The third kappa shape index (κ3) is 3.98. The summed E-state index contributed by atoms with van der Waals surface area (Å²) in [5, 5.41) is 0.166. The highest BCUT2D eigenvalue weighted by atomic mass is 79.9. The highest BCUT2D eigenvalue weighted by Gasteiger charge is 2.35. The zero-order valence-electron chi connectivity index (χ0n) is 9.88. The second-order valence-corrected chi connectivity index (χ2v) is 3.73. The van der Waals surface area contributed by atoms with Crippen molar-refractivity contribution in [3.05, 3.63) is 17.3 Å². The Hall–Kier alpha value is -1.51. The minimum atomic E-state index is -4.98. The number of methoxy groups -OCH3 is 2. The van der Waals surface area contributed by atoms with Gasteiger partial charge in [-0.3, -0.25) is 0 Å². The molecule has 19 heavy (non-hydrogen) atoms. The lowest BCUT2D eigenvalue weighted by Crippen LogP contribution is -2.21. The molecule has 106 valence electrons. The first-order valence-corrected chi connectivity index (χ1v) is 5.92. The molecule has 0 aromatic carbocycles. The van der Waals surface area contributed by atoms with Gasteiger partial charge in [-0.2, -0.15) is 0 Å². The van der Waals surface area contributed by atoms with Crippen LogP contribution in [0.1, 0.15) is 16.1 Å². The number of carbonyl (C=O) groups is 1. The van der Waals surface area contributed by atoms with Crippen LogP contribution in [0.4, 0.5) is 13.2 Å². The highest BCUT2D eigenvalue weighted by Crippen LogP contribution is 2.32. The van der Waals surface area contributed by atoms with E-state index in [2.05, 4.69) is 30.4 Å². The molecular weight excluding hydrogens is 335 g/mol. The zero-order valence-corrected chi connectivity index (χ0v) is 11.5. The number of nitrogens with zero attached hydrogens (tertiary/aromatic N) is 1. The van der Waals surface area contributed by atoms with Crippen molar-refractivity contribution in [3.63, 3.8) is 0 Å². The molecule has 9 heteroatoms. The third-order valence-electron chi connectivity index (χ3n) is 1.96. The largest absolute Gasteiger partial charge is 0.574 e. The predicted octanol–water partition coefficient (Wildman–Crippen LogP) is 2.67. The van der Waals surface area contributed by atoms with Crippen LogP contribution in [0.25, 0.3) is 0 Å². The van der Waals surface area contributed by atoms with Crippen LogP contribution in [0.2, 0.25) is 0 Å². The van der Waals surface area contributed by atoms with Gasteiger partial charge in [-0.15, -0.1) is 13.2 Å². The van der Waals surface area contributed by atoms with E-state index in [4.69, 9.17) is 4.74 Å². The van der Waals surface area contributed by atoms with Crippen LogP contribution >= 0.6 is 15.9 Å². The van der Waals surface area contributed by atoms with Gasteiger partial charge < -0.3 is 14.2 Å². The smallest absolute Gasteiger partial charge is 0.496 e. The summed E-state index contributed by atoms with van der Waals surface area (Å²) >= 11 is 3.04. The maximum atomic E-state index is 12.3. The van der Waals surface area contributed by atoms with E-state index in [-0.39, 0.29) is 16.8 Å². The number of rotatable bonds is 4. The van der Waals surface area contributed by atoms with Gasteiger partial charge in [0.2, 0.25) is 5.88 Å². The molecule has 0 aliphatic carbocycles. The quantitative estimate of drug-likeness (QED) is 0.621. The SMILES string of the molecule is COC(=O)c1c(OC)cc(CBr)nc1OC(F)(F)F. The zero-order chi connectivity index (χ0) is 14.6. The number of pyridine rings is 1. The monoisotopic (exact) mass is 343 g/mol. The first-order chi connectivity index (χ1) is 8.82. The Balaban J connectivity index is 3.41. The molecule has 0 N–H and O–H groups in total. The lowest BCUT2D eigenvalue weighted by molar-refractivity contribution is -0.276. The van der Waals surface area contributed by atoms with Crippen LogP contribution in [0.15, 0.2) is 6.07 Å². The van der Waals surface area contributed by atoms with Crippen molar-refractivity contribution in [2.45, 2.75) is 11.7 Å². The Kier molecular flexibility index (Phi) is 4.98. The fourth-order valence-electron chi connectivity index (χ4n) is 1.25. The molecule has 0 radical (unpaired) electrons. The van der Waals surface area contributed by atoms with Crippen LogP contribution in [0, 0.1) is 0 Å². The van der Waals surface area contributed by atoms with Crippen molar-refractivity contribution in [3.8, 4) is 11.6 Å². The van der Waals surface area contributed by atoms with Crippen molar-refractivity contribution in [2.75, 3.05) is 14.2 Å². The lowest BCUT2D eigenvalue weighted by Gasteiger charge is -2.14. The number of alkyl halides is 4. The molecule has 0 unspecified atom stereocenters. The summed E-state index contributed by atoms with van der Waals surface area (Å²) < 4.78 is 49.9. The number of esters is 1. The molecule has 0 aliphatic rings. The van der Waals surface area contributed by atoms with Crippen LogP contribution < -0.4 is 9.47 Å². The summed E-state index contributed by atoms with van der Waals surface area (Å²) in [6, 6.07) is 1.31. The van der Waals surface area contributed by atoms with Gasteiger partial charge in [0.15, 0.2) is 5.56 Å². The van der Waals surface area contributed by atoms with Crippen molar-refractivity contribution in [1.29, 1.82) is 0 Å². The van der Waals surface area contributed by atoms with Gasteiger partial charge in [-0.05, 0) is 0 Å². The fraction of sp³-hybridized carbons (Fsp3) is 0.400. The Morgan fingerprint density at radius 2 is 2.05 bits per heavy atom. The maximum Gasteiger partial charge on any atom is 0.574 e. The number of aromatic nitrogens is 1. The summed E-state index contributed by atoms with van der Waals surface area (Å²) in [6.07, 6.45) is -4.98. The van der Waals surface area contributed by atoms with E-state index in [0.717, 1.165) is 7.11 Å². The van der Waals surface area contributed by atoms with Crippen LogP contribution in [-0.4, -0.2) is 31.5 Å². The first kappa shape index (κ1) is 15.5. The molecule has 0 spiro atoms. The number of ether oxygens (including phenoxy) is 3. The summed E-state index contributed by atoms with van der Waals surface area (Å²) in [4.78, 5) is 15.1. The molecule has 0 atom stereocenters. The van der Waals surface area contributed by atoms with Crippen molar-refractivity contribution in [1.82, 2.24) is 4.98 Å². The average Bonchev–Trinajstić information content (AvgIpc) is 2.34. The molecule has 0 aliphatic heterocycles. The fourth-order valence-corrected chi connectivity index (χ4v) is 1.54. The molecule has 0 bridgehead atoms. The topological polar surface area (TPSA) is 57.7 Å². The third-order valence-corrected chi connectivity index (χ3v) is 2.54. The molecule has 1 aromatic heterocycles. The Morgan fingerprint density at radius 3 is 2.47 bits per heavy atom. The minimum absolute atomic E-state index is 0.115. The van der Waals surface area contributed by atoms with Gasteiger partial charge in [0.05, 0.1) is 19.9 Å². The van der Waals surface area contributed by atoms with Crippen LogP contribution in [-0.2, 0) is 10.1 Å². The van der Waals surface area contributed by atoms with Crippen molar-refractivity contribution in [2.24, 2.45) is 0 Å². The second kappa shape index (κ2) is 6.09. The summed E-state index contributed by atoms with van der Waals surface area (Å²) in [5.41, 5.74) is -0.309. The van der Waals surface area contributed by atoms with Gasteiger partial charge in [-0.25, -0.2) is 9.78 Å². The number of hydrogen-bond acceptors (Lipinski definition) is 5. The van der Waals surface area contributed by atoms with E-state index >= 15 is 0 Å². The maximum absolute atomic E-state index is 12.3. The molecule has 0 saturated heterocycles. The van der Waals surface area contributed by atoms with Gasteiger partial charge >= 0.3 is 12.3 Å². The number of carbonyl (C=O) groups excluding carboxylic acids is 1. The first-order valence-electron chi connectivity index (χ1n) is 4.80. The molecular formula is C10H9BrF3NO4. The Bertz CT molecular complexity index is 479. The standard InChI is InChI=1S/C10H9BrF3NO4/c1-17-6-3-5(4-11)15-8(19-10(12,13)14)7(6)9(16)18-2/h3H,4H2,1-2H3. The molecule has 5 nitrogen and oxygen atoms in total. The van der Waals surface area contributed by atoms with E-state index in [0.29, 0.717) is 0 Å². The van der Waals surface area contributed by atoms with Gasteiger partial charge in [0, 0.05) is 11.4 Å². The summed E-state index contributed by atoms with van der Waals surface area (Å²) in [6.45, 7) is 0. The molecule has 1 heterocycles. The van der Waals surface area contributed by atoms with E-state index < -0.39 is 23.8 Å². The Morgan fingerprint density at radius 1 is 1.42 bits per heavy atom. The van der Waals surface area contributed by atoms with E-state index in [1.54, 1.807) is 0 Å². The molecule has 0 saturated carbocycles. The van der Waals surface area contributed by atoms with Crippen LogP contribution in [0.3, 0.4) is 0 Å². The van der Waals surface area contributed by atoms with Crippen molar-refractivity contribution < 1.29 is 32.2 Å². The summed E-state index contributed by atoms with van der Waals surface area (Å²) in [5.74, 6) is -2.06. The average molecular weight is 344 g/mol. The van der Waals surface area contributed by atoms with E-state index in [9.17, 15) is 18.0 Å². The van der Waals surface area contributed by atoms with E-state index in [1.165, 1.54) is 13.2 Å². The van der Waals surface area contributed by atoms with Gasteiger partial charge in [0.25, 0.3) is 0 Å². The lowest BCUT2D eigenvalue weighted by atomic mass is 10.2. The van der Waals surface area contributed by atoms with E-state index in [1.807, 2.05) is 0 Å². The number of hydrogen-bond donors (Lipinski definition) is 0. The second-order valence-electron chi connectivity index (χ2n) is 3.17. The Labute approximate surface area is 114 Å². The summed E-state index contributed by atoms with van der Waals surface area (Å²) in [7, 11) is 2.23. The highest BCUT2D eigenvalue weighted by molar-refractivity contribution is 9.08. The van der Waals surface area contributed by atoms with Crippen LogP contribution in [0.5, 0.6) is 11.6 Å². The van der Waals surface area contributed by atoms with Gasteiger partial charge in [0.1, 0.15) is 5.75 Å². The molecule has 0 amide bonds. The minimum Gasteiger partial charge on any atom is -0.496 e. The predicted molar refractivity (Wildman–Crippen MR) is 61.4 cm³/mol. The normalized spacial score (nSPS) is 11.1. The van der Waals surface area contributed by atoms with Crippen molar-refractivity contribution >= 4 is 21.9 Å². The molecule has 1 aromatic rings. The van der Waals surface area contributed by atoms with Gasteiger partial charge in [-0.1, -0.05) is 15.9 Å². The molecule has 0 fully saturated rings.